The van der Waals surface area contributed by atoms with E-state index in [2.05, 4.69) is 80.1 Å². The lowest BCUT2D eigenvalue weighted by molar-refractivity contribution is -0.145. The topological polar surface area (TPSA) is 170 Å². The molecule has 0 amide bonds. The number of aromatic amines is 2. The van der Waals surface area contributed by atoms with Crippen molar-refractivity contribution in [3.05, 3.63) is 78.9 Å². The van der Waals surface area contributed by atoms with E-state index in [1.165, 1.54) is 16.3 Å². The van der Waals surface area contributed by atoms with E-state index in [4.69, 9.17) is 49.8 Å². The van der Waals surface area contributed by atoms with Crippen molar-refractivity contribution in [2.75, 3.05) is 79.2 Å². The van der Waals surface area contributed by atoms with Crippen LogP contribution in [0, 0.1) is 4.77 Å². The van der Waals surface area contributed by atoms with Crippen molar-refractivity contribution in [2.24, 2.45) is 0 Å². The standard InChI is InChI=1S/C44H67N5O11SSi/c1-31(2)15-16-47-29-35-37(12-11-36-40(35)49(27-32(47)3)43(61)45-36)57-25-23-55-21-19-53-17-18-54-20-22-56-24-26-58-39(50)14-9-33-28-48(42(52)46-41(33)51)38-13-10-34(60-38)30-59-62(7,8)44(4,5)6/h10-13,15,28,32,34,38H,9,14,16-27,29-30H2,1-8H3,(H,45,61)(H,46,51,52)/t32-,34-,38+/m0/s1. The van der Waals surface area contributed by atoms with E-state index in [1.807, 2.05) is 18.2 Å². The summed E-state index contributed by atoms with van der Waals surface area (Å²) in [6.45, 7) is 23.7. The molecule has 0 aliphatic carbocycles. The minimum atomic E-state index is -1.97. The quantitative estimate of drug-likeness (QED) is 0.0344. The summed E-state index contributed by atoms with van der Waals surface area (Å²) < 4.78 is 50.5. The molecule has 0 fully saturated rings. The SMILES string of the molecule is CC(C)=CCN1Cc2c(OCCOCCOCCOCCOCCOC(=O)CCc3cn([C@H]4C=C[C@@H](CO[Si](C)(C)C(C)(C)C)O4)c(=O)[nH]c3=O)ccc3[nH]c(=S)n(c23)C[C@@H]1C. The van der Waals surface area contributed by atoms with Gasteiger partial charge in [0.1, 0.15) is 25.1 Å². The summed E-state index contributed by atoms with van der Waals surface area (Å²) in [5.74, 6) is 0.364. The van der Waals surface area contributed by atoms with Crippen molar-refractivity contribution in [3.63, 3.8) is 0 Å². The molecule has 2 N–H and O–H groups in total. The Bertz CT molecular complexity index is 2170. The van der Waals surface area contributed by atoms with E-state index in [9.17, 15) is 14.4 Å². The number of imidazole rings is 1. The first-order chi connectivity index (χ1) is 29.5. The summed E-state index contributed by atoms with van der Waals surface area (Å²) in [5.41, 5.74) is 3.70. The molecule has 4 heterocycles. The third-order valence-corrected chi connectivity index (χ3v) is 16.2. The van der Waals surface area contributed by atoms with Crippen LogP contribution < -0.4 is 16.0 Å². The Kier molecular flexibility index (Phi) is 18.5. The van der Waals surface area contributed by atoms with Gasteiger partial charge in [0, 0.05) is 49.4 Å². The maximum Gasteiger partial charge on any atom is 0.330 e. The molecule has 2 aliphatic rings. The predicted molar refractivity (Wildman–Crippen MR) is 242 cm³/mol. The number of allylic oxidation sites excluding steroid dienone is 1. The molecular weight excluding hydrogens is 835 g/mol. The predicted octanol–water partition coefficient (Wildman–Crippen LogP) is 5.82. The number of benzene rings is 1. The third kappa shape index (κ3) is 14.1. The van der Waals surface area contributed by atoms with Gasteiger partial charge in [-0.15, -0.1) is 0 Å². The van der Waals surface area contributed by atoms with E-state index in [-0.39, 0.29) is 42.8 Å². The van der Waals surface area contributed by atoms with Gasteiger partial charge in [0.25, 0.3) is 5.56 Å². The third-order valence-electron chi connectivity index (χ3n) is 11.4. The molecule has 0 unspecified atom stereocenters. The molecule has 0 saturated heterocycles. The monoisotopic (exact) mass is 901 g/mol. The molecule has 0 radical (unpaired) electrons. The van der Waals surface area contributed by atoms with Gasteiger partial charge in [-0.3, -0.25) is 24.0 Å². The summed E-state index contributed by atoms with van der Waals surface area (Å²) in [7, 11) is -1.97. The Hall–Kier alpha value is -3.72. The molecule has 0 bridgehead atoms. The summed E-state index contributed by atoms with van der Waals surface area (Å²) in [5, 5.41) is 0.0585. The van der Waals surface area contributed by atoms with Crippen LogP contribution in [-0.4, -0.2) is 130 Å². The molecule has 3 atom stereocenters. The van der Waals surface area contributed by atoms with Gasteiger partial charge < -0.3 is 47.1 Å². The Balaban J connectivity index is 0.875. The second-order valence-electron chi connectivity index (χ2n) is 17.4. The van der Waals surface area contributed by atoms with Gasteiger partial charge in [0.2, 0.25) is 0 Å². The molecule has 5 rings (SSSR count). The minimum absolute atomic E-state index is 0.0355. The van der Waals surface area contributed by atoms with Crippen LogP contribution in [-0.2, 0) is 57.2 Å². The lowest BCUT2D eigenvalue weighted by atomic mass is 10.1. The number of carbonyl (C=O) groups is 1. The number of ether oxygens (including phenoxy) is 7. The maximum absolute atomic E-state index is 12.6. The highest BCUT2D eigenvalue weighted by Gasteiger charge is 2.38. The smallest absolute Gasteiger partial charge is 0.330 e. The molecule has 0 saturated carbocycles. The normalized spacial score (nSPS) is 18.0. The molecule has 16 nitrogen and oxygen atoms in total. The van der Waals surface area contributed by atoms with Gasteiger partial charge in [-0.05, 0) is 75.8 Å². The highest BCUT2D eigenvalue weighted by molar-refractivity contribution is 7.71. The minimum Gasteiger partial charge on any atom is -0.491 e. The van der Waals surface area contributed by atoms with E-state index in [0.29, 0.717) is 65.5 Å². The molecule has 0 spiro atoms. The average molecular weight is 902 g/mol. The fraction of sp³-hybridized carbons (Fsp3) is 0.636. The van der Waals surface area contributed by atoms with Crippen molar-refractivity contribution in [2.45, 2.75) is 104 Å². The zero-order valence-electron chi connectivity index (χ0n) is 37.8. The van der Waals surface area contributed by atoms with Crippen LogP contribution in [0.2, 0.25) is 18.1 Å². The number of H-pyrrole nitrogens is 2. The highest BCUT2D eigenvalue weighted by atomic mass is 32.1. The summed E-state index contributed by atoms with van der Waals surface area (Å²) >= 11 is 5.67. The number of nitrogens with one attached hydrogen (secondary N) is 2. The van der Waals surface area contributed by atoms with Crippen LogP contribution >= 0.6 is 12.2 Å². The molecule has 344 valence electrons. The number of esters is 1. The molecule has 3 aromatic rings. The van der Waals surface area contributed by atoms with Crippen molar-refractivity contribution < 1.29 is 42.4 Å². The maximum atomic E-state index is 12.6. The average Bonchev–Trinajstić information content (AvgIpc) is 3.77. The molecule has 2 aliphatic heterocycles. The Morgan fingerprint density at radius 3 is 2.23 bits per heavy atom. The van der Waals surface area contributed by atoms with Crippen LogP contribution in [0.4, 0.5) is 0 Å². The Labute approximate surface area is 370 Å². The molecule has 1 aromatic carbocycles. The van der Waals surface area contributed by atoms with E-state index in [0.717, 1.165) is 46.8 Å². The molecule has 2 aromatic heterocycles. The van der Waals surface area contributed by atoms with Crippen LogP contribution in [0.3, 0.4) is 0 Å². The lowest BCUT2D eigenvalue weighted by Gasteiger charge is -2.36. The largest absolute Gasteiger partial charge is 0.491 e. The second kappa shape index (κ2) is 23.3. The first kappa shape index (κ1) is 49.3. The van der Waals surface area contributed by atoms with Crippen LogP contribution in [0.1, 0.15) is 65.3 Å². The van der Waals surface area contributed by atoms with Crippen molar-refractivity contribution >= 4 is 37.5 Å². The summed E-state index contributed by atoms with van der Waals surface area (Å²) in [6.07, 6.45) is 6.38. The molecule has 62 heavy (non-hydrogen) atoms. The number of hydrogen-bond donors (Lipinski definition) is 2. The van der Waals surface area contributed by atoms with E-state index >= 15 is 0 Å². The number of nitrogens with zero attached hydrogens (tertiary/aromatic N) is 3. The Morgan fingerprint density at radius 1 is 0.935 bits per heavy atom. The zero-order chi connectivity index (χ0) is 44.9. The van der Waals surface area contributed by atoms with Gasteiger partial charge in [0.15, 0.2) is 19.3 Å². The number of aryl methyl sites for hydroxylation is 1. The van der Waals surface area contributed by atoms with Crippen LogP contribution in [0.5, 0.6) is 5.75 Å². The molecule has 18 heteroatoms. The first-order valence-corrected chi connectivity index (χ1v) is 24.9. The van der Waals surface area contributed by atoms with Crippen LogP contribution in [0.25, 0.3) is 11.0 Å². The van der Waals surface area contributed by atoms with Crippen LogP contribution in [0.15, 0.2) is 51.7 Å². The summed E-state index contributed by atoms with van der Waals surface area (Å²) in [6, 6.07) is 4.36. The van der Waals surface area contributed by atoms with Gasteiger partial charge in [0.05, 0.1) is 70.5 Å². The van der Waals surface area contributed by atoms with Crippen molar-refractivity contribution in [1.29, 1.82) is 0 Å². The lowest BCUT2D eigenvalue weighted by Crippen LogP contribution is -2.42. The van der Waals surface area contributed by atoms with E-state index in [1.54, 1.807) is 6.08 Å². The van der Waals surface area contributed by atoms with Crippen molar-refractivity contribution in [3.8, 4) is 5.75 Å². The van der Waals surface area contributed by atoms with Crippen molar-refractivity contribution in [1.82, 2.24) is 24.0 Å². The number of carbonyl (C=O) groups excluding carboxylic acids is 1. The van der Waals surface area contributed by atoms with Gasteiger partial charge in [-0.1, -0.05) is 38.5 Å². The zero-order valence-corrected chi connectivity index (χ0v) is 39.6. The van der Waals surface area contributed by atoms with Gasteiger partial charge in [-0.2, -0.15) is 0 Å². The Morgan fingerprint density at radius 2 is 1.58 bits per heavy atom. The second-order valence-corrected chi connectivity index (χ2v) is 22.6. The first-order valence-electron chi connectivity index (χ1n) is 21.6. The van der Waals surface area contributed by atoms with E-state index < -0.39 is 31.8 Å². The fourth-order valence-corrected chi connectivity index (χ4v) is 7.98. The number of hydrogen-bond acceptors (Lipinski definition) is 13. The number of rotatable bonds is 25. The van der Waals surface area contributed by atoms with Gasteiger partial charge in [-0.25, -0.2) is 4.79 Å². The molecular formula is C44H67N5O11SSi. The number of aromatic nitrogens is 4. The fourth-order valence-electron chi connectivity index (χ4n) is 6.70. The summed E-state index contributed by atoms with van der Waals surface area (Å²) in [4.78, 5) is 45.6. The highest BCUT2D eigenvalue weighted by Crippen LogP contribution is 2.37. The van der Waals surface area contributed by atoms with Gasteiger partial charge >= 0.3 is 11.7 Å².